The second-order valence-corrected chi connectivity index (χ2v) is 4.99. The minimum Gasteiger partial charge on any atom is -0.495 e. The molecule has 0 aliphatic carbocycles. The predicted octanol–water partition coefficient (Wildman–Crippen LogP) is 3.27. The summed E-state index contributed by atoms with van der Waals surface area (Å²) < 4.78 is 19.6. The van der Waals surface area contributed by atoms with Gasteiger partial charge >= 0.3 is 0 Å². The minimum absolute atomic E-state index is 0.172. The summed E-state index contributed by atoms with van der Waals surface area (Å²) in [5, 5.41) is 10.2. The van der Waals surface area contributed by atoms with Gasteiger partial charge in [0.25, 0.3) is 0 Å². The number of hydrogen-bond acceptors (Lipinski definition) is 3. The monoisotopic (exact) mass is 325 g/mol. The highest BCUT2D eigenvalue weighted by Gasteiger charge is 2.16. The molecule has 1 N–H and O–H groups in total. The highest BCUT2D eigenvalue weighted by Crippen LogP contribution is 2.28. The number of benzene rings is 1. The van der Waals surface area contributed by atoms with Gasteiger partial charge in [-0.25, -0.2) is 4.39 Å². The molecule has 0 saturated carbocycles. The van der Waals surface area contributed by atoms with E-state index in [-0.39, 0.29) is 12.2 Å². The molecule has 3 nitrogen and oxygen atoms in total. The normalized spacial score (nSPS) is 12.2. The Kier molecular flexibility index (Phi) is 4.50. The molecule has 5 heteroatoms. The second-order valence-electron chi connectivity index (χ2n) is 4.07. The number of aliphatic hydroxyl groups is 1. The van der Waals surface area contributed by atoms with Crippen LogP contribution in [0.5, 0.6) is 5.75 Å². The molecular formula is C14H13BrFNO2. The molecule has 1 atom stereocenters. The Hall–Kier alpha value is -1.46. The van der Waals surface area contributed by atoms with Crippen molar-refractivity contribution in [3.05, 3.63) is 58.1 Å². The van der Waals surface area contributed by atoms with Gasteiger partial charge in [0.2, 0.25) is 0 Å². The van der Waals surface area contributed by atoms with E-state index in [1.807, 2.05) is 0 Å². The summed E-state index contributed by atoms with van der Waals surface area (Å²) >= 11 is 3.29. The van der Waals surface area contributed by atoms with Crippen molar-refractivity contribution in [3.63, 3.8) is 0 Å². The maximum atomic E-state index is 13.7. The van der Waals surface area contributed by atoms with Crippen LogP contribution < -0.4 is 4.74 Å². The van der Waals surface area contributed by atoms with Gasteiger partial charge in [-0.3, -0.25) is 4.98 Å². The van der Waals surface area contributed by atoms with Crippen molar-refractivity contribution in [1.82, 2.24) is 4.98 Å². The van der Waals surface area contributed by atoms with Gasteiger partial charge in [0.1, 0.15) is 11.6 Å². The maximum Gasteiger partial charge on any atom is 0.142 e. The van der Waals surface area contributed by atoms with Crippen LogP contribution in [0.3, 0.4) is 0 Å². The van der Waals surface area contributed by atoms with Crippen molar-refractivity contribution in [2.75, 3.05) is 7.11 Å². The standard InChI is InChI=1S/C14H13BrFNO2/c1-19-14-8-17-5-4-11(14)13(18)7-9-6-10(15)2-3-12(9)16/h2-6,8,13,18H,7H2,1H3. The maximum absolute atomic E-state index is 13.7. The van der Waals surface area contributed by atoms with Crippen LogP contribution in [0.15, 0.2) is 41.1 Å². The van der Waals surface area contributed by atoms with Gasteiger partial charge in [-0.15, -0.1) is 0 Å². The zero-order valence-electron chi connectivity index (χ0n) is 10.3. The lowest BCUT2D eigenvalue weighted by Gasteiger charge is -2.14. The van der Waals surface area contributed by atoms with E-state index in [0.717, 1.165) is 4.47 Å². The van der Waals surface area contributed by atoms with Gasteiger partial charge < -0.3 is 9.84 Å². The molecule has 2 aromatic rings. The van der Waals surface area contributed by atoms with Crippen molar-refractivity contribution in [2.45, 2.75) is 12.5 Å². The molecule has 100 valence electrons. The third kappa shape index (κ3) is 3.30. The average Bonchev–Trinajstić information content (AvgIpc) is 2.42. The van der Waals surface area contributed by atoms with Crippen LogP contribution in [0.1, 0.15) is 17.2 Å². The summed E-state index contributed by atoms with van der Waals surface area (Å²) in [6.45, 7) is 0. The molecule has 0 radical (unpaired) electrons. The molecule has 0 amide bonds. The van der Waals surface area contributed by atoms with Crippen molar-refractivity contribution < 1.29 is 14.2 Å². The van der Waals surface area contributed by atoms with E-state index < -0.39 is 6.10 Å². The Morgan fingerprint density at radius 1 is 1.42 bits per heavy atom. The summed E-state index contributed by atoms with van der Waals surface area (Å²) in [6, 6.07) is 6.32. The molecule has 0 aliphatic rings. The van der Waals surface area contributed by atoms with Crippen LogP contribution in [0.2, 0.25) is 0 Å². The Morgan fingerprint density at radius 3 is 2.95 bits per heavy atom. The van der Waals surface area contributed by atoms with E-state index >= 15 is 0 Å². The number of hydrogen-bond donors (Lipinski definition) is 1. The fraction of sp³-hybridized carbons (Fsp3) is 0.214. The fourth-order valence-corrected chi connectivity index (χ4v) is 2.26. The van der Waals surface area contributed by atoms with Crippen LogP contribution >= 0.6 is 15.9 Å². The summed E-state index contributed by atoms with van der Waals surface area (Å²) in [5.41, 5.74) is 1.04. The van der Waals surface area contributed by atoms with Crippen LogP contribution in [-0.2, 0) is 6.42 Å². The molecule has 2 rings (SSSR count). The van der Waals surface area contributed by atoms with Crippen LogP contribution in [-0.4, -0.2) is 17.2 Å². The lowest BCUT2D eigenvalue weighted by atomic mass is 10.0. The van der Waals surface area contributed by atoms with Crippen molar-refractivity contribution >= 4 is 15.9 Å². The highest BCUT2D eigenvalue weighted by atomic mass is 79.9. The van der Waals surface area contributed by atoms with E-state index in [2.05, 4.69) is 20.9 Å². The van der Waals surface area contributed by atoms with E-state index in [1.54, 1.807) is 24.4 Å². The number of ether oxygens (including phenoxy) is 1. The topological polar surface area (TPSA) is 42.4 Å². The van der Waals surface area contributed by atoms with E-state index in [0.29, 0.717) is 16.9 Å². The first kappa shape index (κ1) is 14.0. The highest BCUT2D eigenvalue weighted by molar-refractivity contribution is 9.10. The predicted molar refractivity (Wildman–Crippen MR) is 73.6 cm³/mol. The summed E-state index contributed by atoms with van der Waals surface area (Å²) in [4.78, 5) is 3.92. The molecule has 1 unspecified atom stereocenters. The summed E-state index contributed by atoms with van der Waals surface area (Å²) in [7, 11) is 1.51. The van der Waals surface area contributed by atoms with Gasteiger partial charge in [-0.2, -0.15) is 0 Å². The molecular weight excluding hydrogens is 313 g/mol. The van der Waals surface area contributed by atoms with Crippen molar-refractivity contribution in [3.8, 4) is 5.75 Å². The first-order valence-corrected chi connectivity index (χ1v) is 6.51. The zero-order valence-corrected chi connectivity index (χ0v) is 11.9. The number of nitrogens with zero attached hydrogens (tertiary/aromatic N) is 1. The molecule has 1 heterocycles. The number of methoxy groups -OCH3 is 1. The van der Waals surface area contributed by atoms with Gasteiger partial charge in [-0.1, -0.05) is 15.9 Å². The minimum atomic E-state index is -0.846. The lowest BCUT2D eigenvalue weighted by Crippen LogP contribution is -2.06. The lowest BCUT2D eigenvalue weighted by molar-refractivity contribution is 0.172. The fourth-order valence-electron chi connectivity index (χ4n) is 1.85. The molecule has 0 fully saturated rings. The first-order valence-electron chi connectivity index (χ1n) is 5.71. The number of aliphatic hydroxyl groups excluding tert-OH is 1. The van der Waals surface area contributed by atoms with Gasteiger partial charge in [0, 0.05) is 22.7 Å². The van der Waals surface area contributed by atoms with Crippen molar-refractivity contribution in [1.29, 1.82) is 0 Å². The average molecular weight is 326 g/mol. The van der Waals surface area contributed by atoms with E-state index in [9.17, 15) is 9.50 Å². The van der Waals surface area contributed by atoms with Crippen LogP contribution in [0.4, 0.5) is 4.39 Å². The summed E-state index contributed by atoms with van der Waals surface area (Å²) in [5.74, 6) is 0.153. The zero-order chi connectivity index (χ0) is 13.8. The van der Waals surface area contributed by atoms with Crippen molar-refractivity contribution in [2.24, 2.45) is 0 Å². The molecule has 0 bridgehead atoms. The SMILES string of the molecule is COc1cnccc1C(O)Cc1cc(Br)ccc1F. The Labute approximate surface area is 119 Å². The number of halogens is 2. The third-order valence-electron chi connectivity index (χ3n) is 2.82. The van der Waals surface area contributed by atoms with Crippen LogP contribution in [0, 0.1) is 5.82 Å². The van der Waals surface area contributed by atoms with E-state index in [1.165, 1.54) is 19.4 Å². The molecule has 0 saturated heterocycles. The van der Waals surface area contributed by atoms with Gasteiger partial charge in [-0.05, 0) is 29.8 Å². The number of aromatic nitrogens is 1. The smallest absolute Gasteiger partial charge is 0.142 e. The third-order valence-corrected chi connectivity index (χ3v) is 3.31. The molecule has 1 aromatic heterocycles. The second kappa shape index (κ2) is 6.12. The first-order chi connectivity index (χ1) is 9.11. The number of pyridine rings is 1. The number of rotatable bonds is 4. The van der Waals surface area contributed by atoms with Gasteiger partial charge in [0.15, 0.2) is 0 Å². The molecule has 1 aromatic carbocycles. The molecule has 0 spiro atoms. The molecule has 19 heavy (non-hydrogen) atoms. The Bertz CT molecular complexity index is 577. The largest absolute Gasteiger partial charge is 0.495 e. The summed E-state index contributed by atoms with van der Waals surface area (Å²) in [6.07, 6.45) is 2.42. The van der Waals surface area contributed by atoms with E-state index in [4.69, 9.17) is 4.74 Å². The molecule has 0 aliphatic heterocycles. The Balaban J connectivity index is 2.25. The van der Waals surface area contributed by atoms with Gasteiger partial charge in [0.05, 0.1) is 19.4 Å². The quantitative estimate of drug-likeness (QED) is 0.938. The Morgan fingerprint density at radius 2 is 2.21 bits per heavy atom. The van der Waals surface area contributed by atoms with Crippen LogP contribution in [0.25, 0.3) is 0 Å².